The number of ether oxygens (including phenoxy) is 2. The number of fused-ring (bicyclic) bond motifs is 1. The van der Waals surface area contributed by atoms with E-state index < -0.39 is 35.3 Å². The van der Waals surface area contributed by atoms with Crippen molar-refractivity contribution < 1.29 is 19.1 Å². The Morgan fingerprint density at radius 2 is 1.86 bits per heavy atom. The lowest BCUT2D eigenvalue weighted by atomic mass is 10.1. The highest BCUT2D eigenvalue weighted by Crippen LogP contribution is 2.24. The van der Waals surface area contributed by atoms with Crippen molar-refractivity contribution in [3.05, 3.63) is 62.3 Å². The van der Waals surface area contributed by atoms with Gasteiger partial charge in [0.2, 0.25) is 5.95 Å². The molecular formula is C30H40N6O6. The molecule has 1 aliphatic rings. The zero-order valence-corrected chi connectivity index (χ0v) is 25.4. The van der Waals surface area contributed by atoms with Crippen LogP contribution in [0.1, 0.15) is 57.8 Å². The molecule has 1 unspecified atom stereocenters. The fourth-order valence-electron chi connectivity index (χ4n) is 5.04. The molecule has 226 valence electrons. The van der Waals surface area contributed by atoms with Gasteiger partial charge >= 0.3 is 11.8 Å². The number of hydrogen-bond acceptors (Lipinski definition) is 8. The van der Waals surface area contributed by atoms with E-state index >= 15 is 0 Å². The molecule has 1 amide bonds. The summed E-state index contributed by atoms with van der Waals surface area (Å²) < 4.78 is 14.8. The molecule has 1 aromatic carbocycles. The number of anilines is 1. The third-order valence-electron chi connectivity index (χ3n) is 7.03. The highest BCUT2D eigenvalue weighted by Gasteiger charge is 2.29. The molecule has 0 saturated carbocycles. The number of alkyl carbamates (subject to hydrolysis) is 1. The van der Waals surface area contributed by atoms with Crippen LogP contribution in [0.2, 0.25) is 0 Å². The molecule has 4 rings (SSSR count). The molecule has 0 spiro atoms. The van der Waals surface area contributed by atoms with Gasteiger partial charge in [-0.3, -0.25) is 18.7 Å². The van der Waals surface area contributed by atoms with Crippen LogP contribution in [0.5, 0.6) is 5.75 Å². The van der Waals surface area contributed by atoms with Crippen LogP contribution in [0.25, 0.3) is 11.2 Å². The Labute approximate surface area is 244 Å². The van der Waals surface area contributed by atoms with Crippen LogP contribution in [0.15, 0.2) is 45.5 Å². The minimum Gasteiger partial charge on any atom is -0.496 e. The Hall–Kier alpha value is -4.35. The van der Waals surface area contributed by atoms with Gasteiger partial charge in [-0.2, -0.15) is 4.98 Å². The molecule has 1 N–H and O–H groups in total. The monoisotopic (exact) mass is 580 g/mol. The standard InChI is InChI=1S/C30H40N6O6/c1-19(2)14-16-35-24-25(32-27(35)34-15-10-11-20(17-34)31-28(39)42-30(3,4)5)33(6)29(40)36(26(24)38)18-22(37)21-12-8-9-13-23(21)41-7/h8-9,12-14,20H,10-11,15-18H2,1-7H3,(H,31,39). The van der Waals surface area contributed by atoms with Gasteiger partial charge in [-0.25, -0.2) is 9.59 Å². The maximum atomic E-state index is 13.9. The van der Waals surface area contributed by atoms with E-state index in [4.69, 9.17) is 14.5 Å². The highest BCUT2D eigenvalue weighted by molar-refractivity contribution is 5.98. The summed E-state index contributed by atoms with van der Waals surface area (Å²) in [5, 5.41) is 2.95. The zero-order chi connectivity index (χ0) is 30.8. The number of allylic oxidation sites excluding steroid dienone is 2. The van der Waals surface area contributed by atoms with E-state index in [2.05, 4.69) is 5.32 Å². The first kappa shape index (κ1) is 30.6. The molecule has 1 aliphatic heterocycles. The molecule has 0 bridgehead atoms. The van der Waals surface area contributed by atoms with Crippen molar-refractivity contribution in [2.75, 3.05) is 25.1 Å². The van der Waals surface area contributed by atoms with Gasteiger partial charge in [0.15, 0.2) is 16.9 Å². The number of carbonyl (C=O) groups is 2. The van der Waals surface area contributed by atoms with E-state index in [0.717, 1.165) is 23.0 Å². The Balaban J connectivity index is 1.77. The molecule has 1 saturated heterocycles. The van der Waals surface area contributed by atoms with Crippen LogP contribution in [0.3, 0.4) is 0 Å². The van der Waals surface area contributed by atoms with Crippen LogP contribution in [0, 0.1) is 0 Å². The van der Waals surface area contributed by atoms with E-state index in [-0.39, 0.29) is 22.8 Å². The summed E-state index contributed by atoms with van der Waals surface area (Å²) in [4.78, 5) is 59.8. The molecule has 1 atom stereocenters. The minimum absolute atomic E-state index is 0.190. The maximum Gasteiger partial charge on any atom is 0.407 e. The van der Waals surface area contributed by atoms with Gasteiger partial charge in [-0.15, -0.1) is 0 Å². The molecule has 3 aromatic rings. The number of aromatic nitrogens is 4. The summed E-state index contributed by atoms with van der Waals surface area (Å²) in [6.45, 7) is 10.3. The van der Waals surface area contributed by atoms with Crippen molar-refractivity contribution in [2.24, 2.45) is 7.05 Å². The number of carbonyl (C=O) groups excluding carboxylic acids is 2. The summed E-state index contributed by atoms with van der Waals surface area (Å²) in [7, 11) is 3.00. The number of nitrogens with one attached hydrogen (secondary N) is 1. The molecule has 0 radical (unpaired) electrons. The third-order valence-corrected chi connectivity index (χ3v) is 7.03. The van der Waals surface area contributed by atoms with Crippen molar-refractivity contribution >= 4 is 29.0 Å². The SMILES string of the molecule is COc1ccccc1C(=O)Cn1c(=O)c2c(nc(N3CCCC(NC(=O)OC(C)(C)C)C3)n2CC=C(C)C)n(C)c1=O. The topological polar surface area (TPSA) is 130 Å². The zero-order valence-electron chi connectivity index (χ0n) is 25.4. The first-order chi connectivity index (χ1) is 19.8. The summed E-state index contributed by atoms with van der Waals surface area (Å²) in [5.74, 6) is 0.455. The summed E-state index contributed by atoms with van der Waals surface area (Å²) in [6, 6.07) is 6.50. The molecule has 3 heterocycles. The number of methoxy groups -OCH3 is 1. The number of imidazole rings is 1. The summed E-state index contributed by atoms with van der Waals surface area (Å²) in [6.07, 6.45) is 3.03. The van der Waals surface area contributed by atoms with E-state index in [9.17, 15) is 19.2 Å². The van der Waals surface area contributed by atoms with Crippen LogP contribution < -0.4 is 26.2 Å². The molecule has 42 heavy (non-hydrogen) atoms. The van der Waals surface area contributed by atoms with Crippen molar-refractivity contribution in [3.63, 3.8) is 0 Å². The predicted octanol–water partition coefficient (Wildman–Crippen LogP) is 3.25. The Bertz CT molecular complexity index is 1640. The smallest absolute Gasteiger partial charge is 0.407 e. The lowest BCUT2D eigenvalue weighted by Gasteiger charge is -2.34. The van der Waals surface area contributed by atoms with Gasteiger partial charge in [-0.05, 0) is 59.6 Å². The first-order valence-corrected chi connectivity index (χ1v) is 14.0. The van der Waals surface area contributed by atoms with Crippen LogP contribution in [-0.4, -0.2) is 62.4 Å². The molecule has 1 fully saturated rings. The highest BCUT2D eigenvalue weighted by atomic mass is 16.6. The van der Waals surface area contributed by atoms with Gasteiger partial charge < -0.3 is 24.3 Å². The van der Waals surface area contributed by atoms with Gasteiger partial charge in [0.1, 0.15) is 11.4 Å². The number of Topliss-reactive ketones (excluding diaryl/α,β-unsaturated/α-hetero) is 1. The third kappa shape index (κ3) is 6.58. The Morgan fingerprint density at radius 1 is 1.14 bits per heavy atom. The predicted molar refractivity (Wildman–Crippen MR) is 161 cm³/mol. The number of hydrogen-bond donors (Lipinski definition) is 1. The van der Waals surface area contributed by atoms with Crippen molar-refractivity contribution in [1.29, 1.82) is 0 Å². The second-order valence-electron chi connectivity index (χ2n) is 11.8. The van der Waals surface area contributed by atoms with E-state index in [0.29, 0.717) is 31.3 Å². The molecule has 0 aliphatic carbocycles. The summed E-state index contributed by atoms with van der Waals surface area (Å²) >= 11 is 0. The van der Waals surface area contributed by atoms with Gasteiger partial charge in [0.05, 0.1) is 19.2 Å². The van der Waals surface area contributed by atoms with Crippen LogP contribution in [-0.2, 0) is 24.9 Å². The molecule has 12 nitrogen and oxygen atoms in total. The number of benzene rings is 1. The number of para-hydroxylation sites is 1. The fourth-order valence-corrected chi connectivity index (χ4v) is 5.04. The van der Waals surface area contributed by atoms with E-state index in [1.807, 2.05) is 45.6 Å². The Kier molecular flexibility index (Phi) is 8.93. The van der Waals surface area contributed by atoms with E-state index in [1.165, 1.54) is 11.7 Å². The van der Waals surface area contributed by atoms with Gasteiger partial charge in [0.25, 0.3) is 5.56 Å². The second-order valence-corrected chi connectivity index (χ2v) is 11.8. The first-order valence-electron chi connectivity index (χ1n) is 14.0. The van der Waals surface area contributed by atoms with Gasteiger partial charge in [0, 0.05) is 32.7 Å². The fraction of sp³-hybridized carbons (Fsp3) is 0.500. The maximum absolute atomic E-state index is 13.9. The number of aryl methyl sites for hydroxylation is 1. The normalized spacial score (nSPS) is 15.4. The number of ketones is 1. The number of piperidine rings is 1. The average Bonchev–Trinajstić information content (AvgIpc) is 3.31. The lowest BCUT2D eigenvalue weighted by Crippen LogP contribution is -2.49. The van der Waals surface area contributed by atoms with Crippen LogP contribution in [0.4, 0.5) is 10.7 Å². The largest absolute Gasteiger partial charge is 0.496 e. The second kappa shape index (κ2) is 12.3. The molecule has 12 heteroatoms. The Morgan fingerprint density at radius 3 is 2.52 bits per heavy atom. The quantitative estimate of drug-likeness (QED) is 0.318. The van der Waals surface area contributed by atoms with E-state index in [1.54, 1.807) is 35.9 Å². The van der Waals surface area contributed by atoms with Crippen molar-refractivity contribution in [1.82, 2.24) is 24.0 Å². The van der Waals surface area contributed by atoms with Crippen molar-refractivity contribution in [3.8, 4) is 5.75 Å². The average molecular weight is 581 g/mol. The van der Waals surface area contributed by atoms with Crippen molar-refractivity contribution in [2.45, 2.75) is 72.2 Å². The van der Waals surface area contributed by atoms with Crippen LogP contribution >= 0.6 is 0 Å². The number of amides is 1. The summed E-state index contributed by atoms with van der Waals surface area (Å²) in [5.41, 5.74) is -0.0823. The lowest BCUT2D eigenvalue weighted by molar-refractivity contribution is 0.0499. The minimum atomic E-state index is -0.641. The van der Waals surface area contributed by atoms with Gasteiger partial charge in [-0.1, -0.05) is 23.8 Å². The molecule has 2 aromatic heterocycles. The number of rotatable bonds is 8. The number of nitrogens with zero attached hydrogens (tertiary/aromatic N) is 5. The molecular weight excluding hydrogens is 540 g/mol.